The molecule has 2 rings (SSSR count). The topological polar surface area (TPSA) is 63.3 Å². The number of carboxylic acid groups (broad SMARTS) is 1. The van der Waals surface area contributed by atoms with E-state index in [0.717, 1.165) is 16.3 Å². The molecule has 0 fully saturated rings. The van der Waals surface area contributed by atoms with Gasteiger partial charge in [-0.1, -0.05) is 24.0 Å². The van der Waals surface area contributed by atoms with Crippen LogP contribution in [0.2, 0.25) is 0 Å². The van der Waals surface area contributed by atoms with Crippen molar-refractivity contribution in [2.24, 2.45) is 5.73 Å². The number of hydrogen-bond donors (Lipinski definition) is 2. The maximum Gasteiger partial charge on any atom is 0.335 e. The third-order valence-electron chi connectivity index (χ3n) is 2.59. The summed E-state index contributed by atoms with van der Waals surface area (Å²) in [5, 5.41) is 10.8. The Balaban J connectivity index is 2.39. The van der Waals surface area contributed by atoms with Gasteiger partial charge in [-0.2, -0.15) is 0 Å². The molecule has 0 atom stereocenters. The molecule has 0 aliphatic rings. The standard InChI is InChI=1S/C15H13NO2/c16-8-2-1-3-11-4-5-13-10-14(15(17)18)7-6-12(13)9-11/h4-7,9-10H,2,8,16H2,(H,17,18). The van der Waals surface area contributed by atoms with E-state index in [-0.39, 0.29) is 0 Å². The van der Waals surface area contributed by atoms with Crippen LogP contribution in [-0.2, 0) is 0 Å². The minimum Gasteiger partial charge on any atom is -0.478 e. The first-order valence-corrected chi connectivity index (χ1v) is 5.67. The van der Waals surface area contributed by atoms with Crippen molar-refractivity contribution in [2.45, 2.75) is 6.42 Å². The summed E-state index contributed by atoms with van der Waals surface area (Å²) in [4.78, 5) is 10.9. The molecule has 3 heteroatoms. The first-order chi connectivity index (χ1) is 8.70. The van der Waals surface area contributed by atoms with E-state index in [0.29, 0.717) is 18.5 Å². The number of carboxylic acids is 1. The first kappa shape index (κ1) is 12.2. The summed E-state index contributed by atoms with van der Waals surface area (Å²) >= 11 is 0. The minimum atomic E-state index is -0.913. The van der Waals surface area contributed by atoms with Crippen LogP contribution in [0.3, 0.4) is 0 Å². The van der Waals surface area contributed by atoms with Crippen LogP contribution >= 0.6 is 0 Å². The summed E-state index contributed by atoms with van der Waals surface area (Å²) in [7, 11) is 0. The van der Waals surface area contributed by atoms with Gasteiger partial charge in [-0.25, -0.2) is 4.79 Å². The Morgan fingerprint density at radius 3 is 2.61 bits per heavy atom. The van der Waals surface area contributed by atoms with E-state index in [1.54, 1.807) is 18.2 Å². The third-order valence-corrected chi connectivity index (χ3v) is 2.59. The number of benzene rings is 2. The molecule has 0 bridgehead atoms. The molecular weight excluding hydrogens is 226 g/mol. The van der Waals surface area contributed by atoms with Gasteiger partial charge in [0, 0.05) is 18.5 Å². The molecule has 0 saturated carbocycles. The first-order valence-electron chi connectivity index (χ1n) is 5.67. The summed E-state index contributed by atoms with van der Waals surface area (Å²) in [6, 6.07) is 10.8. The van der Waals surface area contributed by atoms with Crippen LogP contribution in [-0.4, -0.2) is 17.6 Å². The zero-order valence-corrected chi connectivity index (χ0v) is 9.81. The fourth-order valence-electron chi connectivity index (χ4n) is 1.69. The summed E-state index contributed by atoms with van der Waals surface area (Å²) < 4.78 is 0. The largest absolute Gasteiger partial charge is 0.478 e. The molecule has 0 saturated heterocycles. The van der Waals surface area contributed by atoms with Gasteiger partial charge in [0.25, 0.3) is 0 Å². The Bertz CT molecular complexity index is 650. The molecule has 0 aliphatic heterocycles. The minimum absolute atomic E-state index is 0.296. The van der Waals surface area contributed by atoms with E-state index in [9.17, 15) is 4.79 Å². The van der Waals surface area contributed by atoms with Gasteiger partial charge in [-0.15, -0.1) is 0 Å². The number of rotatable bonds is 2. The molecule has 0 aromatic heterocycles. The lowest BCUT2D eigenvalue weighted by molar-refractivity contribution is 0.0697. The highest BCUT2D eigenvalue weighted by Gasteiger charge is 2.03. The molecule has 2 aromatic rings. The van der Waals surface area contributed by atoms with Crippen molar-refractivity contribution in [3.05, 3.63) is 47.5 Å². The van der Waals surface area contributed by atoms with Gasteiger partial charge >= 0.3 is 5.97 Å². The van der Waals surface area contributed by atoms with Crippen molar-refractivity contribution < 1.29 is 9.90 Å². The molecule has 0 amide bonds. The average molecular weight is 239 g/mol. The molecule has 0 aliphatic carbocycles. The molecule has 90 valence electrons. The fraction of sp³-hybridized carbons (Fsp3) is 0.133. The maximum atomic E-state index is 10.9. The van der Waals surface area contributed by atoms with Gasteiger partial charge < -0.3 is 10.8 Å². The quantitative estimate of drug-likeness (QED) is 0.790. The van der Waals surface area contributed by atoms with E-state index in [1.165, 1.54) is 0 Å². The SMILES string of the molecule is NCCC#Cc1ccc2cc(C(=O)O)ccc2c1. The highest BCUT2D eigenvalue weighted by Crippen LogP contribution is 2.17. The highest BCUT2D eigenvalue weighted by molar-refractivity contribution is 5.94. The molecule has 3 nitrogen and oxygen atoms in total. The Hall–Kier alpha value is -2.31. The van der Waals surface area contributed by atoms with E-state index >= 15 is 0 Å². The van der Waals surface area contributed by atoms with E-state index < -0.39 is 5.97 Å². The number of aromatic carboxylic acids is 1. The summed E-state index contributed by atoms with van der Waals surface area (Å²) in [6.07, 6.45) is 0.677. The Kier molecular flexibility index (Phi) is 3.61. The summed E-state index contributed by atoms with van der Waals surface area (Å²) in [6.45, 7) is 0.558. The van der Waals surface area contributed by atoms with Crippen LogP contribution in [0.1, 0.15) is 22.3 Å². The normalized spacial score (nSPS) is 9.83. The molecule has 0 spiro atoms. The van der Waals surface area contributed by atoms with E-state index in [4.69, 9.17) is 10.8 Å². The summed E-state index contributed by atoms with van der Waals surface area (Å²) in [5.41, 5.74) is 6.58. The van der Waals surface area contributed by atoms with Crippen LogP contribution in [0, 0.1) is 11.8 Å². The molecule has 3 N–H and O–H groups in total. The number of hydrogen-bond acceptors (Lipinski definition) is 2. The second kappa shape index (κ2) is 5.35. The van der Waals surface area contributed by atoms with Crippen LogP contribution in [0.25, 0.3) is 10.8 Å². The molecule has 2 aromatic carbocycles. The van der Waals surface area contributed by atoms with Gasteiger partial charge in [0.15, 0.2) is 0 Å². The summed E-state index contributed by atoms with van der Waals surface area (Å²) in [5.74, 6) is 5.09. The van der Waals surface area contributed by atoms with Gasteiger partial charge in [0.1, 0.15) is 0 Å². The van der Waals surface area contributed by atoms with Crippen LogP contribution in [0.4, 0.5) is 0 Å². The number of carbonyl (C=O) groups is 1. The van der Waals surface area contributed by atoms with Crippen molar-refractivity contribution in [1.82, 2.24) is 0 Å². The molecular formula is C15H13NO2. The van der Waals surface area contributed by atoms with Crippen molar-refractivity contribution >= 4 is 16.7 Å². The second-order valence-electron chi connectivity index (χ2n) is 3.92. The fourth-order valence-corrected chi connectivity index (χ4v) is 1.69. The van der Waals surface area contributed by atoms with Gasteiger partial charge in [0.2, 0.25) is 0 Å². The molecule has 18 heavy (non-hydrogen) atoms. The lowest BCUT2D eigenvalue weighted by Gasteiger charge is -2.00. The maximum absolute atomic E-state index is 10.9. The Morgan fingerprint density at radius 2 is 1.89 bits per heavy atom. The number of fused-ring (bicyclic) bond motifs is 1. The van der Waals surface area contributed by atoms with Gasteiger partial charge in [-0.05, 0) is 35.0 Å². The third kappa shape index (κ3) is 2.68. The zero-order chi connectivity index (χ0) is 13.0. The zero-order valence-electron chi connectivity index (χ0n) is 9.81. The Labute approximate surface area is 105 Å². The smallest absolute Gasteiger partial charge is 0.335 e. The van der Waals surface area contributed by atoms with Crippen molar-refractivity contribution in [2.75, 3.05) is 6.54 Å². The van der Waals surface area contributed by atoms with Crippen LogP contribution < -0.4 is 5.73 Å². The highest BCUT2D eigenvalue weighted by atomic mass is 16.4. The van der Waals surface area contributed by atoms with Crippen molar-refractivity contribution in [1.29, 1.82) is 0 Å². The lowest BCUT2D eigenvalue weighted by atomic mass is 10.0. The predicted octanol–water partition coefficient (Wildman–Crippen LogP) is 2.24. The van der Waals surface area contributed by atoms with E-state index in [1.807, 2.05) is 18.2 Å². The second-order valence-corrected chi connectivity index (χ2v) is 3.92. The lowest BCUT2D eigenvalue weighted by Crippen LogP contribution is -1.95. The molecule has 0 radical (unpaired) electrons. The monoisotopic (exact) mass is 239 g/mol. The predicted molar refractivity (Wildman–Crippen MR) is 71.5 cm³/mol. The number of nitrogens with two attached hydrogens (primary N) is 1. The van der Waals surface area contributed by atoms with Crippen molar-refractivity contribution in [3.8, 4) is 11.8 Å². The molecule has 0 unspecified atom stereocenters. The van der Waals surface area contributed by atoms with E-state index in [2.05, 4.69) is 11.8 Å². The van der Waals surface area contributed by atoms with Gasteiger partial charge in [0.05, 0.1) is 5.56 Å². The van der Waals surface area contributed by atoms with Crippen molar-refractivity contribution in [3.63, 3.8) is 0 Å². The van der Waals surface area contributed by atoms with Crippen LogP contribution in [0.15, 0.2) is 36.4 Å². The molecule has 0 heterocycles. The van der Waals surface area contributed by atoms with Gasteiger partial charge in [-0.3, -0.25) is 0 Å². The van der Waals surface area contributed by atoms with Crippen LogP contribution in [0.5, 0.6) is 0 Å². The Morgan fingerprint density at radius 1 is 1.17 bits per heavy atom. The average Bonchev–Trinajstić information content (AvgIpc) is 2.38.